The zero-order valence-corrected chi connectivity index (χ0v) is 20.5. The summed E-state index contributed by atoms with van der Waals surface area (Å²) in [5, 5.41) is 28.5. The summed E-state index contributed by atoms with van der Waals surface area (Å²) in [4.78, 5) is 57.3. The molecular weight excluding hydrogens is 471 g/mol. The summed E-state index contributed by atoms with van der Waals surface area (Å²) in [5.74, 6) is -2.37. The standard InChI is InChI=1S/C16H16N8O5S2.Na.H/c1-5(25)19-16-21-12(22-23-16)6-3-30-14-9(13(27)24(14)10(6)15(28)29)20-8(26)2-7-11(17)31-4-18-7;;/h4,7,9,14,17H,2-3H2,1H3,(H,20,26)(H,28,29)(H2,19,21,22,23,25);;/q;+1;-1/t7?,9?,14-;;/m1../s1. The van der Waals surface area contributed by atoms with E-state index >= 15 is 0 Å². The summed E-state index contributed by atoms with van der Waals surface area (Å²) < 4.78 is 0. The number of carboxylic acid groups (broad SMARTS) is 1. The molecule has 3 amide bonds. The zero-order valence-electron chi connectivity index (χ0n) is 17.9. The first-order chi connectivity index (χ1) is 14.8. The Morgan fingerprint density at radius 1 is 1.44 bits per heavy atom. The number of carboxylic acids is 1. The maximum atomic E-state index is 12.7. The number of aliphatic carboxylic acids is 1. The van der Waals surface area contributed by atoms with Gasteiger partial charge in [-0.15, -0.1) is 16.9 Å². The Labute approximate surface area is 212 Å². The predicted molar refractivity (Wildman–Crippen MR) is 114 cm³/mol. The topological polar surface area (TPSA) is 194 Å². The van der Waals surface area contributed by atoms with Crippen molar-refractivity contribution in [2.24, 2.45) is 4.99 Å². The van der Waals surface area contributed by atoms with Crippen molar-refractivity contribution < 1.29 is 55.3 Å². The van der Waals surface area contributed by atoms with E-state index < -0.39 is 35.2 Å². The van der Waals surface area contributed by atoms with Crippen LogP contribution in [0.2, 0.25) is 0 Å². The number of aliphatic imine (C=N–C) groups is 1. The van der Waals surface area contributed by atoms with Gasteiger partial charge in [0.25, 0.3) is 5.91 Å². The van der Waals surface area contributed by atoms with Gasteiger partial charge in [-0.05, 0) is 0 Å². The first kappa shape index (κ1) is 24.4. The summed E-state index contributed by atoms with van der Waals surface area (Å²) in [6, 6.07) is -1.43. The van der Waals surface area contributed by atoms with Crippen LogP contribution in [-0.4, -0.2) is 82.7 Å². The van der Waals surface area contributed by atoms with Crippen LogP contribution in [0, 0.1) is 5.41 Å². The molecule has 1 saturated heterocycles. The zero-order chi connectivity index (χ0) is 22.3. The van der Waals surface area contributed by atoms with Crippen molar-refractivity contribution in [2.45, 2.75) is 30.8 Å². The second-order valence-electron chi connectivity index (χ2n) is 6.73. The van der Waals surface area contributed by atoms with Crippen LogP contribution in [0.25, 0.3) is 5.57 Å². The minimum atomic E-state index is -1.32. The van der Waals surface area contributed by atoms with Crippen LogP contribution < -0.4 is 40.2 Å². The first-order valence-electron chi connectivity index (χ1n) is 8.94. The third kappa shape index (κ3) is 4.61. The SMILES string of the molecule is CC(=O)Nc1n[nH]c(C2=C(C(=O)O)N3C(=O)C(NC(=O)CC4N=CSC4=N)[C@H]3SC2)n1.[H-].[Na+]. The van der Waals surface area contributed by atoms with Crippen LogP contribution in [0.3, 0.4) is 0 Å². The molecule has 3 aliphatic heterocycles. The van der Waals surface area contributed by atoms with Gasteiger partial charge < -0.3 is 11.8 Å². The average molecular weight is 488 g/mol. The smallest absolute Gasteiger partial charge is 1.00 e. The second-order valence-corrected chi connectivity index (χ2v) is 8.72. The van der Waals surface area contributed by atoms with Gasteiger partial charge in [0.2, 0.25) is 17.8 Å². The van der Waals surface area contributed by atoms with Crippen LogP contribution in [-0.2, 0) is 19.2 Å². The van der Waals surface area contributed by atoms with Crippen LogP contribution in [0.1, 0.15) is 20.6 Å². The number of amides is 3. The third-order valence-corrected chi connectivity index (χ3v) is 6.68. The molecule has 164 valence electrons. The number of H-pyrrole nitrogens is 1. The molecule has 3 aliphatic rings. The van der Waals surface area contributed by atoms with Crippen molar-refractivity contribution >= 4 is 69.3 Å². The summed E-state index contributed by atoms with van der Waals surface area (Å²) in [5.41, 5.74) is 1.50. The van der Waals surface area contributed by atoms with Crippen LogP contribution >= 0.6 is 23.5 Å². The van der Waals surface area contributed by atoms with Gasteiger partial charge in [0.15, 0.2) is 5.82 Å². The molecule has 32 heavy (non-hydrogen) atoms. The fraction of sp³-hybridized carbons (Fsp3) is 0.375. The Kier molecular flexibility index (Phi) is 7.44. The van der Waals surface area contributed by atoms with Gasteiger partial charge in [-0.25, -0.2) is 4.79 Å². The average Bonchev–Trinajstić information content (AvgIpc) is 3.33. The fourth-order valence-corrected chi connectivity index (χ4v) is 5.24. The molecule has 0 saturated carbocycles. The van der Waals surface area contributed by atoms with Crippen molar-refractivity contribution in [1.29, 1.82) is 5.41 Å². The van der Waals surface area contributed by atoms with Crippen molar-refractivity contribution in [2.75, 3.05) is 11.1 Å². The largest absolute Gasteiger partial charge is 1.00 e. The number of hydrogen-bond acceptors (Lipinski definition) is 10. The molecule has 0 radical (unpaired) electrons. The van der Waals surface area contributed by atoms with Crippen molar-refractivity contribution in [3.05, 3.63) is 11.5 Å². The minimum Gasteiger partial charge on any atom is -1.00 e. The van der Waals surface area contributed by atoms with Crippen molar-refractivity contribution in [3.8, 4) is 0 Å². The number of anilines is 1. The molecule has 0 aromatic carbocycles. The monoisotopic (exact) mass is 488 g/mol. The maximum Gasteiger partial charge on any atom is 1.00 e. The van der Waals surface area contributed by atoms with Gasteiger partial charge in [-0.2, -0.15) is 4.98 Å². The van der Waals surface area contributed by atoms with E-state index in [1.165, 1.54) is 24.2 Å². The molecule has 0 aliphatic carbocycles. The maximum absolute atomic E-state index is 12.7. The quantitative estimate of drug-likeness (QED) is 0.200. The van der Waals surface area contributed by atoms with E-state index in [-0.39, 0.29) is 77.2 Å². The molecule has 0 bridgehead atoms. The van der Waals surface area contributed by atoms with Gasteiger partial charge in [0.1, 0.15) is 23.2 Å². The van der Waals surface area contributed by atoms with Crippen LogP contribution in [0.15, 0.2) is 10.7 Å². The number of hydrogen-bond donors (Lipinski definition) is 5. The Bertz CT molecular complexity index is 1080. The molecule has 13 nitrogen and oxygen atoms in total. The molecule has 1 aromatic heterocycles. The summed E-state index contributed by atoms with van der Waals surface area (Å²) in [6.07, 6.45) is -0.0552. The molecule has 5 N–H and O–H groups in total. The van der Waals surface area contributed by atoms with E-state index in [1.807, 2.05) is 0 Å². The van der Waals surface area contributed by atoms with Gasteiger partial charge in [0, 0.05) is 18.2 Å². The van der Waals surface area contributed by atoms with E-state index in [4.69, 9.17) is 5.41 Å². The van der Waals surface area contributed by atoms with E-state index in [1.54, 1.807) is 0 Å². The number of nitrogens with one attached hydrogen (secondary N) is 4. The van der Waals surface area contributed by atoms with E-state index in [9.17, 15) is 24.3 Å². The number of aromatic nitrogens is 3. The van der Waals surface area contributed by atoms with Crippen LogP contribution in [0.5, 0.6) is 0 Å². The molecule has 1 fully saturated rings. The fourth-order valence-electron chi connectivity index (χ4n) is 3.27. The van der Waals surface area contributed by atoms with Crippen molar-refractivity contribution in [3.63, 3.8) is 0 Å². The molecular formula is C16H17N8NaO5S2. The number of carbonyl (C=O) groups is 4. The Balaban J connectivity index is 0.00000193. The van der Waals surface area contributed by atoms with E-state index in [2.05, 4.69) is 30.8 Å². The number of aromatic amines is 1. The molecule has 4 heterocycles. The van der Waals surface area contributed by atoms with Crippen molar-refractivity contribution in [1.82, 2.24) is 25.4 Å². The summed E-state index contributed by atoms with van der Waals surface area (Å²) in [6.45, 7) is 1.28. The number of thioether (sulfide) groups is 2. The summed E-state index contributed by atoms with van der Waals surface area (Å²) in [7, 11) is 0. The van der Waals surface area contributed by atoms with Gasteiger partial charge in [0.05, 0.1) is 17.0 Å². The number of fused-ring (bicyclic) bond motifs is 1. The summed E-state index contributed by atoms with van der Waals surface area (Å²) >= 11 is 2.41. The number of rotatable bonds is 6. The Morgan fingerprint density at radius 3 is 2.81 bits per heavy atom. The number of β-lactam (4-membered cyclic amide) rings is 1. The minimum absolute atomic E-state index is 0. The first-order valence-corrected chi connectivity index (χ1v) is 10.9. The molecule has 3 atom stereocenters. The molecule has 0 spiro atoms. The Hall–Kier alpha value is -2.20. The second kappa shape index (κ2) is 9.74. The molecule has 2 unspecified atom stereocenters. The molecule has 16 heteroatoms. The van der Waals surface area contributed by atoms with Gasteiger partial charge >= 0.3 is 35.5 Å². The number of nitrogens with zero attached hydrogens (tertiary/aromatic N) is 4. The predicted octanol–water partition coefficient (Wildman–Crippen LogP) is -3.41. The number of carbonyl (C=O) groups excluding carboxylic acids is 3. The molecule has 4 rings (SSSR count). The van der Waals surface area contributed by atoms with E-state index in [0.29, 0.717) is 0 Å². The third-order valence-electron chi connectivity index (χ3n) is 4.65. The molecule has 1 aromatic rings. The normalized spacial score (nSPS) is 23.9. The van der Waals surface area contributed by atoms with Crippen LogP contribution in [0.4, 0.5) is 5.95 Å². The Morgan fingerprint density at radius 2 is 2.19 bits per heavy atom. The van der Waals surface area contributed by atoms with Gasteiger partial charge in [-0.1, -0.05) is 11.8 Å². The van der Waals surface area contributed by atoms with E-state index in [0.717, 1.165) is 16.7 Å². The van der Waals surface area contributed by atoms with Gasteiger partial charge in [-0.3, -0.25) is 40.1 Å².